The Balaban J connectivity index is 2.03. The maximum absolute atomic E-state index is 12.6. The molecule has 1 aromatic rings. The highest BCUT2D eigenvalue weighted by molar-refractivity contribution is 5.38. The van der Waals surface area contributed by atoms with E-state index in [1.54, 1.807) is 0 Å². The number of anilines is 1. The number of nitrogens with zero attached hydrogens (tertiary/aromatic N) is 1. The molecule has 1 N–H and O–H groups in total. The van der Waals surface area contributed by atoms with Crippen molar-refractivity contribution in [3.05, 3.63) is 23.9 Å². The van der Waals surface area contributed by atoms with E-state index in [0.717, 1.165) is 31.4 Å². The second kappa shape index (κ2) is 5.39. The van der Waals surface area contributed by atoms with Crippen LogP contribution in [-0.2, 0) is 6.18 Å². The molecule has 1 aliphatic rings. The molecule has 2 rings (SSSR count). The Hall–Kier alpha value is -1.26. The van der Waals surface area contributed by atoms with Crippen LogP contribution in [0.25, 0.3) is 0 Å². The first-order valence-electron chi connectivity index (χ1n) is 6.72. The Morgan fingerprint density at radius 2 is 2.00 bits per heavy atom. The van der Waals surface area contributed by atoms with Crippen LogP contribution in [0.15, 0.2) is 18.3 Å². The van der Waals surface area contributed by atoms with Crippen molar-refractivity contribution >= 4 is 5.82 Å². The van der Waals surface area contributed by atoms with E-state index in [2.05, 4.69) is 17.2 Å². The first-order chi connectivity index (χ1) is 8.95. The third-order valence-electron chi connectivity index (χ3n) is 4.15. The molecular weight excluding hydrogens is 253 g/mol. The van der Waals surface area contributed by atoms with Gasteiger partial charge < -0.3 is 5.32 Å². The van der Waals surface area contributed by atoms with Crippen molar-refractivity contribution in [3.63, 3.8) is 0 Å². The van der Waals surface area contributed by atoms with Gasteiger partial charge in [0.1, 0.15) is 5.82 Å². The van der Waals surface area contributed by atoms with Crippen LogP contribution in [0, 0.1) is 5.41 Å². The lowest BCUT2D eigenvalue weighted by molar-refractivity contribution is -0.137. The summed E-state index contributed by atoms with van der Waals surface area (Å²) in [7, 11) is 0. The molecule has 106 valence electrons. The quantitative estimate of drug-likeness (QED) is 0.874. The molecular formula is C14H19F3N2. The fourth-order valence-corrected chi connectivity index (χ4v) is 2.76. The lowest BCUT2D eigenvalue weighted by atomic mass is 9.83. The van der Waals surface area contributed by atoms with E-state index in [-0.39, 0.29) is 5.41 Å². The van der Waals surface area contributed by atoms with Gasteiger partial charge in [0, 0.05) is 12.7 Å². The maximum atomic E-state index is 12.6. The Bertz CT molecular complexity index is 423. The number of halogens is 3. The number of alkyl halides is 3. The number of aromatic nitrogens is 1. The van der Waals surface area contributed by atoms with Crippen molar-refractivity contribution in [2.24, 2.45) is 5.41 Å². The van der Waals surface area contributed by atoms with Crippen LogP contribution in [0.5, 0.6) is 0 Å². The van der Waals surface area contributed by atoms with Gasteiger partial charge in [-0.2, -0.15) is 13.2 Å². The molecule has 19 heavy (non-hydrogen) atoms. The third kappa shape index (κ3) is 3.39. The molecule has 5 heteroatoms. The number of hydrogen-bond donors (Lipinski definition) is 1. The van der Waals surface area contributed by atoms with Crippen molar-refractivity contribution in [1.82, 2.24) is 4.98 Å². The molecule has 0 spiro atoms. The molecule has 1 aliphatic carbocycles. The lowest BCUT2D eigenvalue weighted by Crippen LogP contribution is -2.26. The molecule has 0 amide bonds. The highest BCUT2D eigenvalue weighted by atomic mass is 19.4. The number of pyridine rings is 1. The molecule has 1 fully saturated rings. The zero-order chi connectivity index (χ0) is 13.9. The van der Waals surface area contributed by atoms with Crippen LogP contribution >= 0.6 is 0 Å². The Labute approximate surface area is 111 Å². The Kier molecular flexibility index (Phi) is 4.02. The smallest absolute Gasteiger partial charge is 0.370 e. The number of rotatable bonds is 4. The van der Waals surface area contributed by atoms with Crippen molar-refractivity contribution < 1.29 is 13.2 Å². The van der Waals surface area contributed by atoms with E-state index in [9.17, 15) is 13.2 Å². The minimum atomic E-state index is -4.31. The number of hydrogen-bond acceptors (Lipinski definition) is 2. The summed E-state index contributed by atoms with van der Waals surface area (Å²) in [5.41, 5.74) is -0.419. The first-order valence-corrected chi connectivity index (χ1v) is 6.72. The van der Waals surface area contributed by atoms with Gasteiger partial charge in [-0.25, -0.2) is 4.98 Å². The van der Waals surface area contributed by atoms with Crippen molar-refractivity contribution in [2.45, 2.75) is 45.2 Å². The van der Waals surface area contributed by atoms with E-state index >= 15 is 0 Å². The normalized spacial score (nSPS) is 18.5. The summed E-state index contributed by atoms with van der Waals surface area (Å²) in [5.74, 6) is 0.314. The van der Waals surface area contributed by atoms with Crippen LogP contribution in [-0.4, -0.2) is 11.5 Å². The van der Waals surface area contributed by atoms with E-state index in [1.807, 2.05) is 0 Å². The second-order valence-corrected chi connectivity index (χ2v) is 5.34. The van der Waals surface area contributed by atoms with Crippen LogP contribution in [0.3, 0.4) is 0 Å². The summed E-state index contributed by atoms with van der Waals surface area (Å²) in [6.07, 6.45) is 2.68. The molecule has 0 aliphatic heterocycles. The van der Waals surface area contributed by atoms with Gasteiger partial charge in [0.15, 0.2) is 0 Å². The molecule has 2 nitrogen and oxygen atoms in total. The molecule has 1 heterocycles. The standard InChI is InChI=1S/C14H19F3N2/c1-2-13(6-3-4-7-13)10-19-12-9-11(5-8-18-12)14(15,16)17/h5,8-9H,2-4,6-7,10H2,1H3,(H,18,19). The zero-order valence-corrected chi connectivity index (χ0v) is 11.1. The predicted molar refractivity (Wildman–Crippen MR) is 68.9 cm³/mol. The predicted octanol–water partition coefficient (Wildman–Crippen LogP) is 4.48. The maximum Gasteiger partial charge on any atom is 0.416 e. The van der Waals surface area contributed by atoms with Crippen LogP contribution in [0.2, 0.25) is 0 Å². The third-order valence-corrected chi connectivity index (χ3v) is 4.15. The molecule has 0 bridgehead atoms. The van der Waals surface area contributed by atoms with E-state index in [4.69, 9.17) is 0 Å². The fourth-order valence-electron chi connectivity index (χ4n) is 2.76. The Morgan fingerprint density at radius 3 is 2.58 bits per heavy atom. The summed E-state index contributed by atoms with van der Waals surface area (Å²) < 4.78 is 37.8. The molecule has 1 aromatic heterocycles. The van der Waals surface area contributed by atoms with Gasteiger partial charge in [-0.15, -0.1) is 0 Å². The van der Waals surface area contributed by atoms with Crippen LogP contribution < -0.4 is 5.32 Å². The van der Waals surface area contributed by atoms with Gasteiger partial charge >= 0.3 is 6.18 Å². The van der Waals surface area contributed by atoms with Gasteiger partial charge in [-0.05, 0) is 36.8 Å². The van der Waals surface area contributed by atoms with Gasteiger partial charge in [0.2, 0.25) is 0 Å². The van der Waals surface area contributed by atoms with Gasteiger partial charge in [-0.3, -0.25) is 0 Å². The topological polar surface area (TPSA) is 24.9 Å². The average Bonchev–Trinajstić information content (AvgIpc) is 2.85. The average molecular weight is 272 g/mol. The van der Waals surface area contributed by atoms with Crippen LogP contribution in [0.1, 0.15) is 44.6 Å². The van der Waals surface area contributed by atoms with E-state index < -0.39 is 11.7 Å². The van der Waals surface area contributed by atoms with E-state index in [1.165, 1.54) is 19.0 Å². The first kappa shape index (κ1) is 14.2. The van der Waals surface area contributed by atoms with Gasteiger partial charge in [0.05, 0.1) is 5.56 Å². The highest BCUT2D eigenvalue weighted by Gasteiger charge is 2.33. The highest BCUT2D eigenvalue weighted by Crippen LogP contribution is 2.41. The van der Waals surface area contributed by atoms with E-state index in [0.29, 0.717) is 12.4 Å². The van der Waals surface area contributed by atoms with Crippen molar-refractivity contribution in [3.8, 4) is 0 Å². The molecule has 0 atom stereocenters. The zero-order valence-electron chi connectivity index (χ0n) is 11.1. The Morgan fingerprint density at radius 1 is 1.32 bits per heavy atom. The van der Waals surface area contributed by atoms with Gasteiger partial charge in [0.25, 0.3) is 0 Å². The summed E-state index contributed by atoms with van der Waals surface area (Å²) in [5, 5.41) is 3.08. The summed E-state index contributed by atoms with van der Waals surface area (Å²) >= 11 is 0. The summed E-state index contributed by atoms with van der Waals surface area (Å²) in [4.78, 5) is 3.97. The summed E-state index contributed by atoms with van der Waals surface area (Å²) in [6.45, 7) is 2.85. The monoisotopic (exact) mass is 272 g/mol. The van der Waals surface area contributed by atoms with Crippen molar-refractivity contribution in [1.29, 1.82) is 0 Å². The minimum absolute atomic E-state index is 0.232. The largest absolute Gasteiger partial charge is 0.416 e. The molecule has 0 unspecified atom stereocenters. The second-order valence-electron chi connectivity index (χ2n) is 5.34. The molecule has 0 saturated heterocycles. The SMILES string of the molecule is CCC1(CNc2cc(C(F)(F)F)ccn2)CCCC1. The molecule has 0 radical (unpaired) electrons. The van der Waals surface area contributed by atoms with Crippen molar-refractivity contribution in [2.75, 3.05) is 11.9 Å². The van der Waals surface area contributed by atoms with Gasteiger partial charge in [-0.1, -0.05) is 19.8 Å². The number of nitrogens with one attached hydrogen (secondary N) is 1. The molecule has 0 aromatic carbocycles. The summed E-state index contributed by atoms with van der Waals surface area (Å²) in [6, 6.07) is 2.08. The minimum Gasteiger partial charge on any atom is -0.370 e. The fraction of sp³-hybridized carbons (Fsp3) is 0.643. The molecule has 1 saturated carbocycles. The van der Waals surface area contributed by atoms with Crippen LogP contribution in [0.4, 0.5) is 19.0 Å². The lowest BCUT2D eigenvalue weighted by Gasteiger charge is -2.28.